The zero-order valence-corrected chi connectivity index (χ0v) is 19.9. The number of rotatable bonds is 12. The number of benzene rings is 2. The number of carbonyl (C=O) groups is 2. The Hall–Kier alpha value is -3.02. The molecule has 2 atom stereocenters. The Bertz CT molecular complexity index is 866. The summed E-state index contributed by atoms with van der Waals surface area (Å²) in [6.45, 7) is 8.62. The Labute approximate surface area is 191 Å². The van der Waals surface area contributed by atoms with Crippen molar-refractivity contribution >= 4 is 11.8 Å². The third-order valence-corrected chi connectivity index (χ3v) is 5.47. The third-order valence-electron chi connectivity index (χ3n) is 5.47. The van der Waals surface area contributed by atoms with E-state index < -0.39 is 6.04 Å². The fraction of sp³-hybridized carbons (Fsp3) is 0.462. The van der Waals surface area contributed by atoms with Crippen molar-refractivity contribution < 1.29 is 19.1 Å². The minimum atomic E-state index is -0.556. The number of methoxy groups -OCH3 is 1. The van der Waals surface area contributed by atoms with Crippen LogP contribution >= 0.6 is 0 Å². The molecule has 1 N–H and O–H groups in total. The van der Waals surface area contributed by atoms with Crippen LogP contribution in [0, 0.1) is 6.92 Å². The van der Waals surface area contributed by atoms with Gasteiger partial charge in [0, 0.05) is 19.0 Å². The maximum atomic E-state index is 13.1. The Morgan fingerprint density at radius 3 is 2.38 bits per heavy atom. The van der Waals surface area contributed by atoms with Gasteiger partial charge >= 0.3 is 0 Å². The predicted molar refractivity (Wildman–Crippen MR) is 127 cm³/mol. The number of nitrogens with one attached hydrogen (secondary N) is 1. The second-order valence-electron chi connectivity index (χ2n) is 8.13. The van der Waals surface area contributed by atoms with Crippen LogP contribution in [0.3, 0.4) is 0 Å². The van der Waals surface area contributed by atoms with Gasteiger partial charge in [-0.2, -0.15) is 0 Å². The van der Waals surface area contributed by atoms with E-state index in [1.54, 1.807) is 18.9 Å². The molecule has 0 heterocycles. The summed E-state index contributed by atoms with van der Waals surface area (Å²) < 4.78 is 10.9. The molecule has 0 unspecified atom stereocenters. The van der Waals surface area contributed by atoms with Crippen molar-refractivity contribution in [3.63, 3.8) is 0 Å². The zero-order valence-electron chi connectivity index (χ0n) is 19.9. The van der Waals surface area contributed by atoms with Crippen molar-refractivity contribution in [3.8, 4) is 11.5 Å². The topological polar surface area (TPSA) is 67.9 Å². The molecule has 0 aliphatic carbocycles. The van der Waals surface area contributed by atoms with Crippen LogP contribution in [0.25, 0.3) is 0 Å². The smallest absolute Gasteiger partial charge is 0.242 e. The van der Waals surface area contributed by atoms with Crippen molar-refractivity contribution in [2.24, 2.45) is 0 Å². The average Bonchev–Trinajstić information content (AvgIpc) is 2.80. The molecular weight excluding hydrogens is 404 g/mol. The Kier molecular flexibility index (Phi) is 10.1. The van der Waals surface area contributed by atoms with E-state index in [1.807, 2.05) is 69.3 Å². The van der Waals surface area contributed by atoms with Gasteiger partial charge in [0.2, 0.25) is 11.8 Å². The first-order valence-corrected chi connectivity index (χ1v) is 11.3. The van der Waals surface area contributed by atoms with Gasteiger partial charge in [0.1, 0.15) is 17.5 Å². The van der Waals surface area contributed by atoms with Crippen molar-refractivity contribution in [2.75, 3.05) is 13.7 Å². The molecule has 0 aliphatic heterocycles. The predicted octanol–water partition coefficient (Wildman–Crippen LogP) is 4.49. The summed E-state index contributed by atoms with van der Waals surface area (Å²) in [5.41, 5.74) is 2.13. The normalized spacial score (nSPS) is 12.5. The second kappa shape index (κ2) is 12.7. The highest BCUT2D eigenvalue weighted by molar-refractivity contribution is 5.87. The molecule has 0 saturated carbocycles. The quantitative estimate of drug-likeness (QED) is 0.494. The molecule has 2 rings (SSSR count). The van der Waals surface area contributed by atoms with Crippen molar-refractivity contribution in [3.05, 3.63) is 59.7 Å². The molecule has 32 heavy (non-hydrogen) atoms. The second-order valence-corrected chi connectivity index (χ2v) is 8.13. The fourth-order valence-corrected chi connectivity index (χ4v) is 3.28. The summed E-state index contributed by atoms with van der Waals surface area (Å²) in [4.78, 5) is 27.5. The van der Waals surface area contributed by atoms with E-state index in [-0.39, 0.29) is 17.9 Å². The number of hydrogen-bond acceptors (Lipinski definition) is 4. The lowest BCUT2D eigenvalue weighted by Gasteiger charge is -2.30. The first kappa shape index (κ1) is 25.2. The molecule has 0 fully saturated rings. The summed E-state index contributed by atoms with van der Waals surface area (Å²) in [6, 6.07) is 14.9. The van der Waals surface area contributed by atoms with Gasteiger partial charge in [-0.05, 0) is 63.4 Å². The summed E-state index contributed by atoms with van der Waals surface area (Å²) in [7, 11) is 1.62. The molecule has 6 nitrogen and oxygen atoms in total. The van der Waals surface area contributed by atoms with Crippen molar-refractivity contribution in [1.29, 1.82) is 0 Å². The first-order chi connectivity index (χ1) is 15.3. The Morgan fingerprint density at radius 1 is 1.06 bits per heavy atom. The number of nitrogens with zero attached hydrogens (tertiary/aromatic N) is 1. The molecule has 174 valence electrons. The number of carbonyl (C=O) groups excluding carboxylic acids is 2. The summed E-state index contributed by atoms with van der Waals surface area (Å²) in [5, 5.41) is 2.99. The van der Waals surface area contributed by atoms with E-state index >= 15 is 0 Å². The maximum absolute atomic E-state index is 13.1. The largest absolute Gasteiger partial charge is 0.497 e. The van der Waals surface area contributed by atoms with E-state index in [2.05, 4.69) is 5.32 Å². The minimum Gasteiger partial charge on any atom is -0.497 e. The Morgan fingerprint density at radius 2 is 1.75 bits per heavy atom. The van der Waals surface area contributed by atoms with Crippen LogP contribution in [0.2, 0.25) is 0 Å². The molecule has 0 radical (unpaired) electrons. The molecule has 2 aromatic carbocycles. The average molecular weight is 441 g/mol. The number of hydrogen-bond donors (Lipinski definition) is 1. The summed E-state index contributed by atoms with van der Waals surface area (Å²) in [6.07, 6.45) is 1.71. The first-order valence-electron chi connectivity index (χ1n) is 11.3. The zero-order chi connectivity index (χ0) is 23.5. The van der Waals surface area contributed by atoms with Gasteiger partial charge in [0.05, 0.1) is 13.7 Å². The molecule has 0 bridgehead atoms. The van der Waals surface area contributed by atoms with Crippen molar-refractivity contribution in [1.82, 2.24) is 10.2 Å². The lowest BCUT2D eigenvalue weighted by atomic mass is 10.1. The van der Waals surface area contributed by atoms with E-state index in [0.29, 0.717) is 26.0 Å². The number of amides is 2. The van der Waals surface area contributed by atoms with Crippen LogP contribution in [0.15, 0.2) is 48.5 Å². The van der Waals surface area contributed by atoms with E-state index in [9.17, 15) is 9.59 Å². The van der Waals surface area contributed by atoms with Gasteiger partial charge in [-0.3, -0.25) is 9.59 Å². The highest BCUT2D eigenvalue weighted by Gasteiger charge is 2.26. The highest BCUT2D eigenvalue weighted by atomic mass is 16.5. The van der Waals surface area contributed by atoms with Crippen LogP contribution in [0.5, 0.6) is 11.5 Å². The summed E-state index contributed by atoms with van der Waals surface area (Å²) >= 11 is 0. The molecule has 0 aliphatic rings. The van der Waals surface area contributed by atoms with E-state index in [0.717, 1.165) is 29.0 Å². The van der Waals surface area contributed by atoms with Gasteiger partial charge in [0.15, 0.2) is 0 Å². The van der Waals surface area contributed by atoms with Crippen LogP contribution in [-0.2, 0) is 16.1 Å². The molecule has 2 aromatic rings. The van der Waals surface area contributed by atoms with E-state index in [4.69, 9.17) is 9.47 Å². The summed E-state index contributed by atoms with van der Waals surface area (Å²) in [5.74, 6) is 1.31. The standard InChI is InChI=1S/C26H36N2O4/c1-6-20(3)27-26(30)21(4)28(18-22-10-7-9-19(2)17-22)25(29)11-8-16-32-24-14-12-23(31-5)13-15-24/h7,9-10,12-15,17,20-21H,6,8,11,16,18H2,1-5H3,(H,27,30)/t20-,21+/m0/s1. The fourth-order valence-electron chi connectivity index (χ4n) is 3.28. The van der Waals surface area contributed by atoms with Crippen LogP contribution in [-0.4, -0.2) is 42.5 Å². The molecule has 2 amide bonds. The van der Waals surface area contributed by atoms with Crippen LogP contribution in [0.4, 0.5) is 0 Å². The van der Waals surface area contributed by atoms with Crippen LogP contribution < -0.4 is 14.8 Å². The molecular formula is C26H36N2O4. The molecule has 0 aromatic heterocycles. The van der Waals surface area contributed by atoms with Gasteiger partial charge in [-0.15, -0.1) is 0 Å². The Balaban J connectivity index is 1.99. The number of ether oxygens (including phenoxy) is 2. The molecule has 6 heteroatoms. The van der Waals surface area contributed by atoms with E-state index in [1.165, 1.54) is 0 Å². The molecule has 0 spiro atoms. The van der Waals surface area contributed by atoms with Crippen LogP contribution in [0.1, 0.15) is 51.2 Å². The van der Waals surface area contributed by atoms with Gasteiger partial charge in [-0.25, -0.2) is 0 Å². The minimum absolute atomic E-state index is 0.0587. The van der Waals surface area contributed by atoms with Gasteiger partial charge < -0.3 is 19.7 Å². The van der Waals surface area contributed by atoms with Gasteiger partial charge in [-0.1, -0.05) is 36.8 Å². The number of aryl methyl sites for hydroxylation is 1. The highest BCUT2D eigenvalue weighted by Crippen LogP contribution is 2.18. The maximum Gasteiger partial charge on any atom is 0.242 e. The van der Waals surface area contributed by atoms with Crippen molar-refractivity contribution in [2.45, 2.75) is 65.6 Å². The van der Waals surface area contributed by atoms with Gasteiger partial charge in [0.25, 0.3) is 0 Å². The monoisotopic (exact) mass is 440 g/mol. The third kappa shape index (κ3) is 7.91. The lowest BCUT2D eigenvalue weighted by molar-refractivity contribution is -0.141. The lowest BCUT2D eigenvalue weighted by Crippen LogP contribution is -2.49. The SMILES string of the molecule is CC[C@H](C)NC(=O)[C@@H](C)N(Cc1cccc(C)c1)C(=O)CCCOc1ccc(OC)cc1. The molecule has 0 saturated heterocycles.